The van der Waals surface area contributed by atoms with E-state index in [9.17, 15) is 19.2 Å². The Bertz CT molecular complexity index is 1320. The largest absolute Gasteiger partial charge is 0.618 e. The Kier molecular flexibility index (Phi) is 8.41. The van der Waals surface area contributed by atoms with Gasteiger partial charge in [-0.3, -0.25) is 14.5 Å². The summed E-state index contributed by atoms with van der Waals surface area (Å²) in [6, 6.07) is 11.7. The summed E-state index contributed by atoms with van der Waals surface area (Å²) in [5.41, 5.74) is 0.375. The van der Waals surface area contributed by atoms with E-state index in [2.05, 4.69) is 15.6 Å². The van der Waals surface area contributed by atoms with Gasteiger partial charge in [0.15, 0.2) is 6.20 Å². The van der Waals surface area contributed by atoms with E-state index in [1.54, 1.807) is 30.1 Å². The molecule has 1 aromatic carbocycles. The molecular formula is C28H33FN6O4. The van der Waals surface area contributed by atoms with Crippen molar-refractivity contribution in [2.45, 2.75) is 38.9 Å². The number of nitrogens with zero attached hydrogens (tertiary/aromatic N) is 4. The molecule has 39 heavy (non-hydrogen) atoms. The molecular weight excluding hydrogens is 503 g/mol. The zero-order valence-corrected chi connectivity index (χ0v) is 22.5. The predicted octanol–water partition coefficient (Wildman–Crippen LogP) is 2.93. The molecule has 1 fully saturated rings. The van der Waals surface area contributed by atoms with E-state index in [1.165, 1.54) is 42.7 Å². The summed E-state index contributed by atoms with van der Waals surface area (Å²) in [4.78, 5) is 34.5. The van der Waals surface area contributed by atoms with Gasteiger partial charge < -0.3 is 25.5 Å². The van der Waals surface area contributed by atoms with Crippen LogP contribution in [0.5, 0.6) is 11.5 Å². The van der Waals surface area contributed by atoms with Crippen molar-refractivity contribution in [2.24, 2.45) is 0 Å². The van der Waals surface area contributed by atoms with E-state index in [-0.39, 0.29) is 17.6 Å². The van der Waals surface area contributed by atoms with Gasteiger partial charge in [0.1, 0.15) is 23.1 Å². The quantitative estimate of drug-likeness (QED) is 0.336. The molecule has 11 heteroatoms. The average Bonchev–Trinajstić information content (AvgIpc) is 2.91. The van der Waals surface area contributed by atoms with Crippen LogP contribution in [-0.4, -0.2) is 64.9 Å². The molecule has 2 amide bonds. The number of nitrogens with one attached hydrogen (secondary N) is 2. The predicted molar refractivity (Wildman–Crippen MR) is 144 cm³/mol. The number of carbonyl (C=O) groups excluding carboxylic acids is 2. The zero-order valence-electron chi connectivity index (χ0n) is 22.5. The van der Waals surface area contributed by atoms with Crippen LogP contribution in [0, 0.1) is 11.0 Å². The molecule has 0 aliphatic carbocycles. The Balaban J connectivity index is 1.35. The summed E-state index contributed by atoms with van der Waals surface area (Å²) in [5, 5.41) is 17.8. The number of halogens is 1. The molecule has 2 N–H and O–H groups in total. The van der Waals surface area contributed by atoms with Gasteiger partial charge in [-0.15, -0.1) is 0 Å². The van der Waals surface area contributed by atoms with Crippen LogP contribution in [0.1, 0.15) is 36.8 Å². The molecule has 0 unspecified atom stereocenters. The Morgan fingerprint density at radius 1 is 1.15 bits per heavy atom. The van der Waals surface area contributed by atoms with Crippen LogP contribution in [-0.2, 0) is 11.3 Å². The lowest BCUT2D eigenvalue weighted by atomic mass is 9.96. The maximum absolute atomic E-state index is 13.4. The van der Waals surface area contributed by atoms with Crippen molar-refractivity contribution < 1.29 is 23.4 Å². The van der Waals surface area contributed by atoms with E-state index < -0.39 is 11.6 Å². The van der Waals surface area contributed by atoms with Crippen LogP contribution < -0.4 is 20.1 Å². The Hall–Kier alpha value is -4.09. The minimum absolute atomic E-state index is 0.151. The van der Waals surface area contributed by atoms with Crippen molar-refractivity contribution in [3.8, 4) is 11.5 Å². The molecule has 1 atom stereocenters. The van der Waals surface area contributed by atoms with Crippen LogP contribution in [0.3, 0.4) is 0 Å². The van der Waals surface area contributed by atoms with Gasteiger partial charge in [0, 0.05) is 31.8 Å². The number of hydrogen-bond donors (Lipinski definition) is 2. The maximum atomic E-state index is 13.4. The number of hydrogen-bond acceptors (Lipinski definition) is 7. The molecule has 1 saturated heterocycles. The second kappa shape index (κ2) is 11.7. The van der Waals surface area contributed by atoms with E-state index in [1.807, 2.05) is 25.7 Å². The first-order chi connectivity index (χ1) is 18.6. The molecule has 2 aromatic heterocycles. The number of pyridine rings is 2. The van der Waals surface area contributed by atoms with Gasteiger partial charge in [0.05, 0.1) is 29.9 Å². The smallest absolute Gasteiger partial charge is 0.254 e. The van der Waals surface area contributed by atoms with Crippen LogP contribution in [0.15, 0.2) is 60.9 Å². The van der Waals surface area contributed by atoms with E-state index in [0.29, 0.717) is 54.8 Å². The van der Waals surface area contributed by atoms with Gasteiger partial charge >= 0.3 is 0 Å². The first kappa shape index (κ1) is 27.9. The maximum Gasteiger partial charge on any atom is 0.254 e. The van der Waals surface area contributed by atoms with Gasteiger partial charge in [-0.2, -0.15) is 4.73 Å². The molecule has 1 aliphatic heterocycles. The Labute approximate surface area is 227 Å². The van der Waals surface area contributed by atoms with E-state index in [0.717, 1.165) is 4.73 Å². The highest BCUT2D eigenvalue weighted by molar-refractivity contribution is 5.95. The number of piperazine rings is 1. The second-order valence-corrected chi connectivity index (χ2v) is 10.1. The fourth-order valence-electron chi connectivity index (χ4n) is 4.58. The number of carbonyl (C=O) groups is 2. The average molecular weight is 537 g/mol. The molecule has 4 rings (SSSR count). The van der Waals surface area contributed by atoms with Crippen molar-refractivity contribution in [1.29, 1.82) is 0 Å². The third-order valence-corrected chi connectivity index (χ3v) is 6.74. The molecule has 0 bridgehead atoms. The first-order valence-electron chi connectivity index (χ1n) is 12.7. The highest BCUT2D eigenvalue weighted by Gasteiger charge is 2.40. The van der Waals surface area contributed by atoms with Crippen LogP contribution in [0.4, 0.5) is 10.2 Å². The number of amides is 2. The van der Waals surface area contributed by atoms with Crippen molar-refractivity contribution in [1.82, 2.24) is 20.1 Å². The highest BCUT2D eigenvalue weighted by atomic mass is 19.1. The number of benzene rings is 1. The highest BCUT2D eigenvalue weighted by Crippen LogP contribution is 2.26. The Morgan fingerprint density at radius 2 is 1.87 bits per heavy atom. The molecule has 0 spiro atoms. The van der Waals surface area contributed by atoms with Gasteiger partial charge in [-0.05, 0) is 64.2 Å². The standard InChI is InChI=1S/C28H33FN6O4/c1-19(26(36)32-25-10-9-24(17-31-25)39-23-7-5-21(29)6-8-23)33-13-14-34(28(2,3)18-33)27(37)20-11-12-35(38)22(15-20)16-30-4/h5-12,15,17,19,30H,13-14,16,18H2,1-4H3,(H,31,32,36)/t19-/m0/s1. The van der Waals surface area contributed by atoms with Crippen molar-refractivity contribution in [3.63, 3.8) is 0 Å². The summed E-state index contributed by atoms with van der Waals surface area (Å²) in [5.74, 6) is 0.591. The van der Waals surface area contributed by atoms with Crippen LogP contribution in [0.25, 0.3) is 0 Å². The van der Waals surface area contributed by atoms with Gasteiger partial charge in [-0.1, -0.05) is 0 Å². The number of aromatic nitrogens is 2. The fraction of sp³-hybridized carbons (Fsp3) is 0.357. The summed E-state index contributed by atoms with van der Waals surface area (Å²) in [7, 11) is 1.74. The summed E-state index contributed by atoms with van der Waals surface area (Å²) in [6.07, 6.45) is 2.84. The lowest BCUT2D eigenvalue weighted by Gasteiger charge is -2.48. The van der Waals surface area contributed by atoms with Crippen molar-refractivity contribution in [2.75, 3.05) is 32.0 Å². The summed E-state index contributed by atoms with van der Waals surface area (Å²) >= 11 is 0. The third kappa shape index (κ3) is 6.68. The monoisotopic (exact) mass is 536 g/mol. The lowest BCUT2D eigenvalue weighted by molar-refractivity contribution is -0.614. The Morgan fingerprint density at radius 3 is 2.51 bits per heavy atom. The minimum Gasteiger partial charge on any atom is -0.618 e. The molecule has 206 valence electrons. The number of rotatable bonds is 8. The molecule has 0 saturated carbocycles. The second-order valence-electron chi connectivity index (χ2n) is 10.1. The van der Waals surface area contributed by atoms with Crippen LogP contribution in [0.2, 0.25) is 0 Å². The molecule has 0 radical (unpaired) electrons. The minimum atomic E-state index is -0.548. The first-order valence-corrected chi connectivity index (χ1v) is 12.7. The van der Waals surface area contributed by atoms with E-state index >= 15 is 0 Å². The van der Waals surface area contributed by atoms with Gasteiger partial charge in [0.2, 0.25) is 11.6 Å². The lowest BCUT2D eigenvalue weighted by Crippen LogP contribution is -2.63. The number of anilines is 1. The van der Waals surface area contributed by atoms with Crippen molar-refractivity contribution in [3.05, 3.63) is 83.2 Å². The topological polar surface area (TPSA) is 114 Å². The molecule has 1 aliphatic rings. The zero-order chi connectivity index (χ0) is 28.2. The van der Waals surface area contributed by atoms with Gasteiger partial charge in [0.25, 0.3) is 5.91 Å². The normalized spacial score (nSPS) is 16.0. The number of ether oxygens (including phenoxy) is 1. The third-order valence-electron chi connectivity index (χ3n) is 6.74. The SMILES string of the molecule is CNCc1cc(C(=O)N2CCN([C@@H](C)C(=O)Nc3ccc(Oc4ccc(F)cc4)cn3)CC2(C)C)cc[n+]1[O-]. The molecule has 10 nitrogen and oxygen atoms in total. The molecule has 3 heterocycles. The van der Waals surface area contributed by atoms with E-state index in [4.69, 9.17) is 4.74 Å². The fourth-order valence-corrected chi connectivity index (χ4v) is 4.58. The van der Waals surface area contributed by atoms with Crippen molar-refractivity contribution >= 4 is 17.6 Å². The summed E-state index contributed by atoms with van der Waals surface area (Å²) < 4.78 is 19.5. The van der Waals surface area contributed by atoms with Crippen LogP contribution >= 0.6 is 0 Å². The molecule has 3 aromatic rings. The van der Waals surface area contributed by atoms with Gasteiger partial charge in [-0.25, -0.2) is 9.37 Å². The summed E-state index contributed by atoms with van der Waals surface area (Å²) in [6.45, 7) is 7.55.